The molecule has 5 heteroatoms. The van der Waals surface area contributed by atoms with E-state index in [4.69, 9.17) is 9.15 Å². The fraction of sp³-hybridized carbons (Fsp3) is 0.130. The van der Waals surface area contributed by atoms with Gasteiger partial charge in [0.15, 0.2) is 12.0 Å². The molecule has 1 aliphatic rings. The monoisotopic (exact) mass is 371 g/mol. The molecule has 0 atom stereocenters. The van der Waals surface area contributed by atoms with Crippen LogP contribution < -0.4 is 5.32 Å². The van der Waals surface area contributed by atoms with Crippen molar-refractivity contribution in [3.63, 3.8) is 0 Å². The lowest BCUT2D eigenvalue weighted by Crippen LogP contribution is -2.26. The number of carbonyl (C=O) groups excluding carboxylic acids is 2. The Labute approximate surface area is 162 Å². The molecule has 0 radical (unpaired) electrons. The molecule has 1 aliphatic carbocycles. The number of alkyl carbamates (subject to hydrolysis) is 1. The molecule has 5 nitrogen and oxygen atoms in total. The maximum Gasteiger partial charge on any atom is 0.407 e. The topological polar surface area (TPSA) is 68.5 Å². The average Bonchev–Trinajstić information content (AvgIpc) is 3.32. The smallest absolute Gasteiger partial charge is 0.407 e. The van der Waals surface area contributed by atoms with Gasteiger partial charge < -0.3 is 14.5 Å². The second-order valence-corrected chi connectivity index (χ2v) is 6.30. The molecule has 2 aromatic carbocycles. The highest BCUT2D eigenvalue weighted by molar-refractivity contribution is 5.79. The molecule has 3 aromatic rings. The van der Waals surface area contributed by atoms with Crippen LogP contribution in [0.25, 0.3) is 11.1 Å². The van der Waals surface area contributed by atoms with Crippen molar-refractivity contribution in [3.05, 3.63) is 83.3 Å². The van der Waals surface area contributed by atoms with E-state index in [0.29, 0.717) is 11.8 Å². The van der Waals surface area contributed by atoms with Gasteiger partial charge in [0, 0.05) is 5.92 Å². The van der Waals surface area contributed by atoms with Crippen LogP contribution in [-0.4, -0.2) is 25.5 Å². The molecule has 0 saturated heterocycles. The van der Waals surface area contributed by atoms with Gasteiger partial charge in [-0.1, -0.05) is 60.4 Å². The lowest BCUT2D eigenvalue weighted by Gasteiger charge is -2.14. The summed E-state index contributed by atoms with van der Waals surface area (Å²) in [7, 11) is 0. The zero-order valence-electron chi connectivity index (χ0n) is 15.0. The number of hydrogen-bond donors (Lipinski definition) is 1. The minimum atomic E-state index is -0.529. The fourth-order valence-corrected chi connectivity index (χ4v) is 3.42. The van der Waals surface area contributed by atoms with Gasteiger partial charge in [0.1, 0.15) is 6.61 Å². The molecule has 0 aliphatic heterocycles. The minimum Gasteiger partial charge on any atom is -0.460 e. The van der Waals surface area contributed by atoms with Gasteiger partial charge in [-0.05, 0) is 28.3 Å². The Morgan fingerprint density at radius 3 is 2.43 bits per heavy atom. The number of rotatable bonds is 4. The number of benzene rings is 2. The van der Waals surface area contributed by atoms with Crippen molar-refractivity contribution in [2.45, 2.75) is 5.92 Å². The Bertz CT molecular complexity index is 1040. The van der Waals surface area contributed by atoms with E-state index in [0.717, 1.165) is 11.1 Å². The summed E-state index contributed by atoms with van der Waals surface area (Å²) in [6.07, 6.45) is 1.47. The Balaban J connectivity index is 1.36. The largest absolute Gasteiger partial charge is 0.460 e. The number of carbonyl (C=O) groups is 2. The van der Waals surface area contributed by atoms with Crippen molar-refractivity contribution in [2.75, 3.05) is 13.2 Å². The molecule has 1 aromatic heterocycles. The quantitative estimate of drug-likeness (QED) is 0.556. The first-order valence-corrected chi connectivity index (χ1v) is 8.88. The van der Waals surface area contributed by atoms with Gasteiger partial charge in [0.05, 0.1) is 18.4 Å². The molecule has 1 amide bonds. The lowest BCUT2D eigenvalue weighted by molar-refractivity contribution is 0.110. The second-order valence-electron chi connectivity index (χ2n) is 6.30. The van der Waals surface area contributed by atoms with Crippen molar-refractivity contribution >= 4 is 12.4 Å². The third kappa shape index (κ3) is 3.40. The van der Waals surface area contributed by atoms with E-state index in [1.807, 2.05) is 24.3 Å². The third-order valence-corrected chi connectivity index (χ3v) is 4.69. The van der Waals surface area contributed by atoms with Crippen molar-refractivity contribution in [1.29, 1.82) is 0 Å². The van der Waals surface area contributed by atoms with E-state index in [9.17, 15) is 9.59 Å². The standard InChI is InChI=1S/C23H17NO4/c25-14-22-16(11-13-27-22)6-5-12-24-23(26)28-15-21-19-9-3-1-7-17(19)18-8-2-4-10-20(18)21/h1-4,7-11,13-14,21H,12,15H2,(H,24,26). The van der Waals surface area contributed by atoms with Gasteiger partial charge in [-0.3, -0.25) is 4.79 Å². The molecular formula is C23H17NO4. The summed E-state index contributed by atoms with van der Waals surface area (Å²) < 4.78 is 10.4. The number of fused-ring (bicyclic) bond motifs is 3. The minimum absolute atomic E-state index is 0.0188. The van der Waals surface area contributed by atoms with Gasteiger partial charge in [0.2, 0.25) is 0 Å². The van der Waals surface area contributed by atoms with Crippen LogP contribution in [0.4, 0.5) is 4.79 Å². The maximum absolute atomic E-state index is 12.0. The van der Waals surface area contributed by atoms with Crippen molar-refractivity contribution < 1.29 is 18.7 Å². The summed E-state index contributed by atoms with van der Waals surface area (Å²) in [5.41, 5.74) is 5.19. The molecule has 0 spiro atoms. The Morgan fingerprint density at radius 1 is 1.07 bits per heavy atom. The van der Waals surface area contributed by atoms with Crippen molar-refractivity contribution in [2.24, 2.45) is 0 Å². The average molecular weight is 371 g/mol. The summed E-state index contributed by atoms with van der Waals surface area (Å²) >= 11 is 0. The highest BCUT2D eigenvalue weighted by Crippen LogP contribution is 2.44. The first kappa shape index (κ1) is 17.6. The SMILES string of the molecule is O=Cc1occc1C#CCNC(=O)OCC1c2ccccc2-c2ccccc21. The molecule has 0 unspecified atom stereocenters. The Kier molecular flexibility index (Phi) is 4.94. The predicted molar refractivity (Wildman–Crippen MR) is 104 cm³/mol. The number of hydrogen-bond acceptors (Lipinski definition) is 4. The van der Waals surface area contributed by atoms with Crippen LogP contribution in [0.5, 0.6) is 0 Å². The van der Waals surface area contributed by atoms with Gasteiger partial charge in [-0.2, -0.15) is 0 Å². The van der Waals surface area contributed by atoms with Gasteiger partial charge >= 0.3 is 6.09 Å². The zero-order valence-corrected chi connectivity index (χ0v) is 15.0. The molecular weight excluding hydrogens is 354 g/mol. The number of furan rings is 1. The maximum atomic E-state index is 12.0. The van der Waals surface area contributed by atoms with E-state index in [1.165, 1.54) is 17.4 Å². The van der Waals surface area contributed by atoms with E-state index in [2.05, 4.69) is 41.4 Å². The van der Waals surface area contributed by atoms with Gasteiger partial charge in [-0.15, -0.1) is 0 Å². The van der Waals surface area contributed by atoms with Gasteiger partial charge in [0.25, 0.3) is 0 Å². The number of amides is 1. The summed E-state index contributed by atoms with van der Waals surface area (Å²) in [5, 5.41) is 2.60. The van der Waals surface area contributed by atoms with Crippen LogP contribution in [-0.2, 0) is 4.74 Å². The van der Waals surface area contributed by atoms with Crippen LogP contribution >= 0.6 is 0 Å². The predicted octanol–water partition coefficient (Wildman–Crippen LogP) is 3.98. The normalized spacial score (nSPS) is 11.7. The molecule has 28 heavy (non-hydrogen) atoms. The summed E-state index contributed by atoms with van der Waals surface area (Å²) in [6, 6.07) is 17.9. The summed E-state index contributed by atoms with van der Waals surface area (Å²) in [6.45, 7) is 0.366. The first-order chi connectivity index (χ1) is 13.8. The van der Waals surface area contributed by atoms with Crippen LogP contribution in [0, 0.1) is 11.8 Å². The molecule has 138 valence electrons. The van der Waals surface area contributed by atoms with Crippen LogP contribution in [0.3, 0.4) is 0 Å². The van der Waals surface area contributed by atoms with Crippen LogP contribution in [0.1, 0.15) is 33.2 Å². The molecule has 4 rings (SSSR count). The number of nitrogens with one attached hydrogen (secondary N) is 1. The molecule has 1 heterocycles. The highest BCUT2D eigenvalue weighted by atomic mass is 16.5. The van der Waals surface area contributed by atoms with E-state index in [1.54, 1.807) is 6.07 Å². The summed E-state index contributed by atoms with van der Waals surface area (Å²) in [5.74, 6) is 5.74. The van der Waals surface area contributed by atoms with E-state index >= 15 is 0 Å². The first-order valence-electron chi connectivity index (χ1n) is 8.88. The number of aldehydes is 1. The molecule has 1 N–H and O–H groups in total. The highest BCUT2D eigenvalue weighted by Gasteiger charge is 2.28. The Hall–Kier alpha value is -3.78. The lowest BCUT2D eigenvalue weighted by atomic mass is 9.98. The molecule has 0 fully saturated rings. The second kappa shape index (κ2) is 7.85. The van der Waals surface area contributed by atoms with Crippen molar-refractivity contribution in [3.8, 4) is 23.0 Å². The molecule has 0 bridgehead atoms. The molecule has 0 saturated carbocycles. The van der Waals surface area contributed by atoms with E-state index in [-0.39, 0.29) is 24.8 Å². The third-order valence-electron chi connectivity index (χ3n) is 4.69. The van der Waals surface area contributed by atoms with Crippen LogP contribution in [0.2, 0.25) is 0 Å². The Morgan fingerprint density at radius 2 is 1.75 bits per heavy atom. The fourth-order valence-electron chi connectivity index (χ4n) is 3.42. The number of ether oxygens (including phenoxy) is 1. The zero-order chi connectivity index (χ0) is 19.3. The van der Waals surface area contributed by atoms with E-state index < -0.39 is 6.09 Å². The summed E-state index contributed by atoms with van der Waals surface area (Å²) in [4.78, 5) is 22.8. The van der Waals surface area contributed by atoms with Crippen molar-refractivity contribution in [1.82, 2.24) is 5.32 Å². The van der Waals surface area contributed by atoms with Gasteiger partial charge in [-0.25, -0.2) is 4.79 Å². The van der Waals surface area contributed by atoms with Crippen LogP contribution in [0.15, 0.2) is 65.3 Å².